The maximum Gasteiger partial charge on any atom is 0.129 e. The molecule has 0 aromatic heterocycles. The van der Waals surface area contributed by atoms with Gasteiger partial charge in [0, 0.05) is 6.42 Å². The van der Waals surface area contributed by atoms with Gasteiger partial charge >= 0.3 is 0 Å². The molecule has 0 bridgehead atoms. The first-order chi connectivity index (χ1) is 7.59. The summed E-state index contributed by atoms with van der Waals surface area (Å²) in [5.74, 6) is 1.22. The molecular formula is C14H20O2. The molecule has 0 aliphatic heterocycles. The Morgan fingerprint density at radius 1 is 1.25 bits per heavy atom. The number of Topliss-reactive ketones (excluding diaryl/α,β-unsaturated/α-hetero) is 1. The summed E-state index contributed by atoms with van der Waals surface area (Å²) in [5.41, 5.74) is 2.38. The number of rotatable bonds is 6. The SMILES string of the molecule is CC(=O)CCCCOc1cc(C)ccc1C. The molecule has 0 spiro atoms. The van der Waals surface area contributed by atoms with E-state index >= 15 is 0 Å². The lowest BCUT2D eigenvalue weighted by Crippen LogP contribution is -2.00. The Kier molecular flexibility index (Phi) is 5.03. The lowest BCUT2D eigenvalue weighted by molar-refractivity contribution is -0.117. The van der Waals surface area contributed by atoms with Gasteiger partial charge in [0.1, 0.15) is 11.5 Å². The van der Waals surface area contributed by atoms with Gasteiger partial charge in [-0.25, -0.2) is 0 Å². The molecule has 0 saturated heterocycles. The fraction of sp³-hybridized carbons (Fsp3) is 0.500. The van der Waals surface area contributed by atoms with Gasteiger partial charge in [0.2, 0.25) is 0 Å². The van der Waals surface area contributed by atoms with E-state index in [0.717, 1.165) is 24.2 Å². The Morgan fingerprint density at radius 2 is 2.00 bits per heavy atom. The first kappa shape index (κ1) is 12.8. The molecule has 0 saturated carbocycles. The van der Waals surface area contributed by atoms with E-state index in [2.05, 4.69) is 25.1 Å². The molecule has 2 nitrogen and oxygen atoms in total. The number of ether oxygens (including phenoxy) is 1. The Balaban J connectivity index is 2.31. The summed E-state index contributed by atoms with van der Waals surface area (Å²) in [4.78, 5) is 10.7. The molecule has 2 heteroatoms. The second-order valence-electron chi connectivity index (χ2n) is 4.28. The van der Waals surface area contributed by atoms with E-state index in [1.807, 2.05) is 6.92 Å². The highest BCUT2D eigenvalue weighted by molar-refractivity contribution is 5.75. The minimum atomic E-state index is 0.256. The molecule has 0 heterocycles. The second-order valence-corrected chi connectivity index (χ2v) is 4.28. The zero-order chi connectivity index (χ0) is 12.0. The highest BCUT2D eigenvalue weighted by atomic mass is 16.5. The molecule has 0 fully saturated rings. The molecule has 16 heavy (non-hydrogen) atoms. The van der Waals surface area contributed by atoms with Crippen molar-refractivity contribution in [2.24, 2.45) is 0 Å². The van der Waals surface area contributed by atoms with Crippen molar-refractivity contribution in [2.45, 2.75) is 40.0 Å². The Labute approximate surface area is 97.6 Å². The number of hydrogen-bond acceptors (Lipinski definition) is 2. The van der Waals surface area contributed by atoms with E-state index < -0.39 is 0 Å². The van der Waals surface area contributed by atoms with Crippen molar-refractivity contribution in [3.8, 4) is 5.75 Å². The van der Waals surface area contributed by atoms with Crippen LogP contribution in [-0.2, 0) is 4.79 Å². The van der Waals surface area contributed by atoms with E-state index in [4.69, 9.17) is 4.74 Å². The van der Waals surface area contributed by atoms with Crippen molar-refractivity contribution < 1.29 is 9.53 Å². The summed E-state index contributed by atoms with van der Waals surface area (Å²) >= 11 is 0. The number of aryl methyl sites for hydroxylation is 2. The molecule has 0 aliphatic carbocycles. The van der Waals surface area contributed by atoms with E-state index in [1.54, 1.807) is 6.92 Å². The summed E-state index contributed by atoms with van der Waals surface area (Å²) in [6.45, 7) is 6.43. The number of hydrogen-bond donors (Lipinski definition) is 0. The first-order valence-electron chi connectivity index (χ1n) is 5.79. The summed E-state index contributed by atoms with van der Waals surface area (Å²) in [6.07, 6.45) is 2.52. The van der Waals surface area contributed by atoms with Crippen LogP contribution in [0.15, 0.2) is 18.2 Å². The number of carbonyl (C=O) groups excluding carboxylic acids is 1. The lowest BCUT2D eigenvalue weighted by Gasteiger charge is -2.09. The lowest BCUT2D eigenvalue weighted by atomic mass is 10.1. The van der Waals surface area contributed by atoms with Crippen LogP contribution in [0.3, 0.4) is 0 Å². The fourth-order valence-corrected chi connectivity index (χ4v) is 1.52. The Bertz CT molecular complexity index is 356. The first-order valence-corrected chi connectivity index (χ1v) is 5.79. The number of ketones is 1. The van der Waals surface area contributed by atoms with Crippen LogP contribution in [0.2, 0.25) is 0 Å². The minimum absolute atomic E-state index is 0.256. The molecular weight excluding hydrogens is 200 g/mol. The Morgan fingerprint density at radius 3 is 2.69 bits per heavy atom. The topological polar surface area (TPSA) is 26.3 Å². The van der Waals surface area contributed by atoms with Gasteiger partial charge in [-0.15, -0.1) is 0 Å². The highest BCUT2D eigenvalue weighted by Crippen LogP contribution is 2.19. The standard InChI is InChI=1S/C14H20O2/c1-11-7-8-12(2)14(10-11)16-9-5-4-6-13(3)15/h7-8,10H,4-6,9H2,1-3H3. The number of carbonyl (C=O) groups is 1. The van der Waals surface area contributed by atoms with Crippen molar-refractivity contribution in [1.82, 2.24) is 0 Å². The van der Waals surface area contributed by atoms with Crippen molar-refractivity contribution in [2.75, 3.05) is 6.61 Å². The van der Waals surface area contributed by atoms with Crippen LogP contribution >= 0.6 is 0 Å². The molecule has 0 unspecified atom stereocenters. The van der Waals surface area contributed by atoms with E-state index in [9.17, 15) is 4.79 Å². The quantitative estimate of drug-likeness (QED) is 0.686. The molecule has 0 amide bonds. The van der Waals surface area contributed by atoms with Crippen LogP contribution in [0.4, 0.5) is 0 Å². The summed E-state index contributed by atoms with van der Waals surface area (Å²) < 4.78 is 5.69. The summed E-state index contributed by atoms with van der Waals surface area (Å²) in [7, 11) is 0. The zero-order valence-corrected chi connectivity index (χ0v) is 10.4. The normalized spacial score (nSPS) is 10.2. The number of unbranched alkanes of at least 4 members (excludes halogenated alkanes) is 1. The van der Waals surface area contributed by atoms with Crippen LogP contribution in [0.1, 0.15) is 37.3 Å². The van der Waals surface area contributed by atoms with Crippen LogP contribution in [0, 0.1) is 13.8 Å². The maximum absolute atomic E-state index is 10.7. The van der Waals surface area contributed by atoms with Crippen LogP contribution in [0.25, 0.3) is 0 Å². The molecule has 0 aliphatic rings. The molecule has 0 radical (unpaired) electrons. The van der Waals surface area contributed by atoms with E-state index in [-0.39, 0.29) is 5.78 Å². The smallest absolute Gasteiger partial charge is 0.129 e. The summed E-state index contributed by atoms with van der Waals surface area (Å²) in [5, 5.41) is 0. The van der Waals surface area contributed by atoms with Crippen LogP contribution < -0.4 is 4.74 Å². The van der Waals surface area contributed by atoms with Gasteiger partial charge in [0.25, 0.3) is 0 Å². The van der Waals surface area contributed by atoms with Crippen molar-refractivity contribution >= 4 is 5.78 Å². The second kappa shape index (κ2) is 6.31. The monoisotopic (exact) mass is 220 g/mol. The average molecular weight is 220 g/mol. The maximum atomic E-state index is 10.7. The predicted octanol–water partition coefficient (Wildman–Crippen LogP) is 3.44. The highest BCUT2D eigenvalue weighted by Gasteiger charge is 2.00. The van der Waals surface area contributed by atoms with Gasteiger partial charge in [-0.3, -0.25) is 0 Å². The van der Waals surface area contributed by atoms with Gasteiger partial charge in [0.15, 0.2) is 0 Å². The Hall–Kier alpha value is -1.31. The third kappa shape index (κ3) is 4.47. The molecule has 1 aromatic rings. The molecule has 0 atom stereocenters. The van der Waals surface area contributed by atoms with Gasteiger partial charge in [0.05, 0.1) is 6.61 Å². The van der Waals surface area contributed by atoms with Gasteiger partial charge in [-0.2, -0.15) is 0 Å². The van der Waals surface area contributed by atoms with E-state index in [1.165, 1.54) is 5.56 Å². The molecule has 0 N–H and O–H groups in total. The van der Waals surface area contributed by atoms with Crippen molar-refractivity contribution in [3.05, 3.63) is 29.3 Å². The van der Waals surface area contributed by atoms with Crippen molar-refractivity contribution in [1.29, 1.82) is 0 Å². The van der Waals surface area contributed by atoms with Crippen LogP contribution in [0.5, 0.6) is 5.75 Å². The van der Waals surface area contributed by atoms with Gasteiger partial charge in [-0.1, -0.05) is 12.1 Å². The molecule has 1 rings (SSSR count). The van der Waals surface area contributed by atoms with Crippen molar-refractivity contribution in [3.63, 3.8) is 0 Å². The third-order valence-corrected chi connectivity index (χ3v) is 2.52. The average Bonchev–Trinajstić information content (AvgIpc) is 2.22. The molecule has 1 aromatic carbocycles. The van der Waals surface area contributed by atoms with Crippen LogP contribution in [-0.4, -0.2) is 12.4 Å². The third-order valence-electron chi connectivity index (χ3n) is 2.52. The van der Waals surface area contributed by atoms with Gasteiger partial charge in [-0.05, 0) is 50.8 Å². The predicted molar refractivity (Wildman–Crippen MR) is 65.9 cm³/mol. The molecule has 88 valence electrons. The number of benzene rings is 1. The summed E-state index contributed by atoms with van der Waals surface area (Å²) in [6, 6.07) is 6.21. The van der Waals surface area contributed by atoms with Gasteiger partial charge < -0.3 is 9.53 Å². The fourth-order valence-electron chi connectivity index (χ4n) is 1.52. The minimum Gasteiger partial charge on any atom is -0.493 e. The van der Waals surface area contributed by atoms with E-state index in [0.29, 0.717) is 13.0 Å². The largest absolute Gasteiger partial charge is 0.493 e. The zero-order valence-electron chi connectivity index (χ0n) is 10.4.